The third-order valence-electron chi connectivity index (χ3n) is 3.59. The highest BCUT2D eigenvalue weighted by atomic mass is 79.9. The maximum Gasteiger partial charge on any atom is 0.433 e. The number of fused-ring (bicyclic) bond motifs is 1. The van der Waals surface area contributed by atoms with Crippen molar-refractivity contribution >= 4 is 39.1 Å². The van der Waals surface area contributed by atoms with Gasteiger partial charge in [0.05, 0.1) is 22.9 Å². The van der Waals surface area contributed by atoms with Crippen LogP contribution in [0.25, 0.3) is 5.65 Å². The maximum absolute atomic E-state index is 13.2. The van der Waals surface area contributed by atoms with Gasteiger partial charge in [-0.25, -0.2) is 9.50 Å². The average molecular weight is 452 g/mol. The molecule has 12 heteroatoms. The molecule has 0 aliphatic carbocycles. The number of carbonyl (C=O) groups is 1. The number of hydrogen-bond acceptors (Lipinski definition) is 4. The van der Waals surface area contributed by atoms with Crippen LogP contribution >= 0.6 is 27.5 Å². The second-order valence-electron chi connectivity index (χ2n) is 5.42. The number of rotatable bonds is 3. The SMILES string of the molecule is Cc1cc(C(F)(F)F)n2nc(C(=O)NCc3c(Br)cnn3C)c(Cl)c2n1. The summed E-state index contributed by atoms with van der Waals surface area (Å²) in [5.74, 6) is -0.723. The minimum absolute atomic E-state index is 0.0820. The van der Waals surface area contributed by atoms with Crippen molar-refractivity contribution in [2.75, 3.05) is 0 Å². The van der Waals surface area contributed by atoms with Crippen LogP contribution in [-0.2, 0) is 19.8 Å². The standard InChI is InChI=1S/C14H11BrClF3N6O/c1-6-3-9(14(17,18)19)25-12(22-6)10(16)11(23-25)13(26)20-5-8-7(15)4-21-24(8)2/h3-4H,5H2,1-2H3,(H,20,26). The van der Waals surface area contributed by atoms with Crippen LogP contribution in [0.1, 0.15) is 27.6 Å². The number of halogens is 5. The Kier molecular flexibility index (Phi) is 4.69. The molecule has 0 aliphatic rings. The molecule has 0 fully saturated rings. The Morgan fingerprint density at radius 3 is 2.69 bits per heavy atom. The van der Waals surface area contributed by atoms with Gasteiger partial charge >= 0.3 is 6.18 Å². The zero-order valence-electron chi connectivity index (χ0n) is 13.4. The molecule has 3 rings (SSSR count). The van der Waals surface area contributed by atoms with Gasteiger partial charge in [-0.2, -0.15) is 23.4 Å². The Morgan fingerprint density at radius 2 is 2.12 bits per heavy atom. The van der Waals surface area contributed by atoms with Crippen molar-refractivity contribution in [3.05, 3.63) is 44.5 Å². The molecule has 0 spiro atoms. The predicted octanol–water partition coefficient (Wildman–Crippen LogP) is 3.14. The molecule has 3 aromatic heterocycles. The van der Waals surface area contributed by atoms with Gasteiger partial charge < -0.3 is 5.32 Å². The summed E-state index contributed by atoms with van der Waals surface area (Å²) < 4.78 is 42.4. The largest absolute Gasteiger partial charge is 0.433 e. The van der Waals surface area contributed by atoms with Crippen LogP contribution in [0.2, 0.25) is 5.02 Å². The molecule has 26 heavy (non-hydrogen) atoms. The fraction of sp³-hybridized carbons (Fsp3) is 0.286. The average Bonchev–Trinajstić information content (AvgIpc) is 3.04. The van der Waals surface area contributed by atoms with Crippen molar-refractivity contribution in [3.63, 3.8) is 0 Å². The van der Waals surface area contributed by atoms with E-state index < -0.39 is 17.8 Å². The van der Waals surface area contributed by atoms with E-state index in [1.54, 1.807) is 17.9 Å². The highest BCUT2D eigenvalue weighted by molar-refractivity contribution is 9.10. The summed E-state index contributed by atoms with van der Waals surface area (Å²) in [4.78, 5) is 16.3. The first kappa shape index (κ1) is 18.6. The molecular weight excluding hydrogens is 441 g/mol. The van der Waals surface area contributed by atoms with Crippen molar-refractivity contribution < 1.29 is 18.0 Å². The van der Waals surface area contributed by atoms with Gasteiger partial charge in [0.2, 0.25) is 0 Å². The van der Waals surface area contributed by atoms with Gasteiger partial charge in [-0.1, -0.05) is 11.6 Å². The summed E-state index contributed by atoms with van der Waals surface area (Å²) in [6.07, 6.45) is -3.11. The molecule has 0 atom stereocenters. The predicted molar refractivity (Wildman–Crippen MR) is 89.8 cm³/mol. The molecule has 0 aromatic carbocycles. The first-order valence-electron chi connectivity index (χ1n) is 7.17. The molecule has 138 valence electrons. The van der Waals surface area contributed by atoms with E-state index in [1.165, 1.54) is 6.92 Å². The number of aryl methyl sites for hydroxylation is 2. The Morgan fingerprint density at radius 1 is 1.42 bits per heavy atom. The van der Waals surface area contributed by atoms with Crippen molar-refractivity contribution in [2.24, 2.45) is 7.05 Å². The second-order valence-corrected chi connectivity index (χ2v) is 6.66. The monoisotopic (exact) mass is 450 g/mol. The Balaban J connectivity index is 1.98. The molecule has 7 nitrogen and oxygen atoms in total. The third kappa shape index (κ3) is 3.28. The lowest BCUT2D eigenvalue weighted by molar-refractivity contribution is -0.142. The van der Waals surface area contributed by atoms with E-state index in [0.717, 1.165) is 6.07 Å². The second kappa shape index (κ2) is 6.54. The molecule has 1 amide bonds. The van der Waals surface area contributed by atoms with Gasteiger partial charge in [0.15, 0.2) is 11.3 Å². The summed E-state index contributed by atoms with van der Waals surface area (Å²) in [7, 11) is 1.69. The Bertz CT molecular complexity index is 993. The highest BCUT2D eigenvalue weighted by Crippen LogP contribution is 2.32. The van der Waals surface area contributed by atoms with Gasteiger partial charge in [0.1, 0.15) is 10.7 Å². The summed E-state index contributed by atoms with van der Waals surface area (Å²) >= 11 is 9.36. The van der Waals surface area contributed by atoms with Gasteiger partial charge in [-0.05, 0) is 28.9 Å². The van der Waals surface area contributed by atoms with E-state index in [9.17, 15) is 18.0 Å². The lowest BCUT2D eigenvalue weighted by Gasteiger charge is -2.09. The highest BCUT2D eigenvalue weighted by Gasteiger charge is 2.36. The maximum atomic E-state index is 13.2. The van der Waals surface area contributed by atoms with Crippen LogP contribution in [0.5, 0.6) is 0 Å². The summed E-state index contributed by atoms with van der Waals surface area (Å²) in [5, 5.41) is 10.0. The first-order chi connectivity index (χ1) is 12.1. The molecule has 1 N–H and O–H groups in total. The van der Waals surface area contributed by atoms with Gasteiger partial charge in [-0.3, -0.25) is 9.48 Å². The van der Waals surface area contributed by atoms with E-state index in [1.807, 2.05) is 0 Å². The summed E-state index contributed by atoms with van der Waals surface area (Å²) in [5.41, 5.74) is -0.852. The van der Waals surface area contributed by atoms with Gasteiger partial charge in [-0.15, -0.1) is 0 Å². The minimum Gasteiger partial charge on any atom is -0.345 e. The minimum atomic E-state index is -4.67. The summed E-state index contributed by atoms with van der Waals surface area (Å²) in [6, 6.07) is 0.838. The van der Waals surface area contributed by atoms with Gasteiger partial charge in [0, 0.05) is 12.7 Å². The number of nitrogens with one attached hydrogen (secondary N) is 1. The van der Waals surface area contributed by atoms with Crippen LogP contribution in [0.3, 0.4) is 0 Å². The zero-order valence-corrected chi connectivity index (χ0v) is 15.7. The van der Waals surface area contributed by atoms with Crippen LogP contribution in [0, 0.1) is 6.92 Å². The molecule has 0 unspecified atom stereocenters. The zero-order chi connectivity index (χ0) is 19.2. The van der Waals surface area contributed by atoms with E-state index in [0.29, 0.717) is 14.7 Å². The number of carbonyl (C=O) groups excluding carboxylic acids is 1. The van der Waals surface area contributed by atoms with Gasteiger partial charge in [0.25, 0.3) is 5.91 Å². The van der Waals surface area contributed by atoms with Crippen molar-refractivity contribution in [3.8, 4) is 0 Å². The molecule has 0 saturated carbocycles. The fourth-order valence-electron chi connectivity index (χ4n) is 2.34. The number of alkyl halides is 3. The molecular formula is C14H11BrClF3N6O. The molecule has 0 aliphatic heterocycles. The number of amides is 1. The van der Waals surface area contributed by atoms with Crippen molar-refractivity contribution in [1.82, 2.24) is 29.7 Å². The molecule has 0 radical (unpaired) electrons. The molecule has 3 heterocycles. The molecule has 0 saturated heterocycles. The Hall–Kier alpha value is -2.14. The lowest BCUT2D eigenvalue weighted by atomic mass is 10.3. The van der Waals surface area contributed by atoms with Crippen LogP contribution in [0.15, 0.2) is 16.7 Å². The van der Waals surface area contributed by atoms with E-state index in [-0.39, 0.29) is 28.6 Å². The Labute approximate surface area is 158 Å². The van der Waals surface area contributed by atoms with Crippen molar-refractivity contribution in [2.45, 2.75) is 19.6 Å². The fourth-order valence-corrected chi connectivity index (χ4v) is 3.08. The van der Waals surface area contributed by atoms with Crippen LogP contribution in [0.4, 0.5) is 13.2 Å². The van der Waals surface area contributed by atoms with Crippen molar-refractivity contribution in [1.29, 1.82) is 0 Å². The number of nitrogens with zero attached hydrogens (tertiary/aromatic N) is 5. The third-order valence-corrected chi connectivity index (χ3v) is 4.60. The van der Waals surface area contributed by atoms with Crippen LogP contribution < -0.4 is 5.32 Å². The van der Waals surface area contributed by atoms with E-state index in [4.69, 9.17) is 11.6 Å². The molecule has 3 aromatic rings. The topological polar surface area (TPSA) is 77.1 Å². The van der Waals surface area contributed by atoms with E-state index >= 15 is 0 Å². The normalized spacial score (nSPS) is 12.0. The molecule has 0 bridgehead atoms. The quantitative estimate of drug-likeness (QED) is 0.664. The first-order valence-corrected chi connectivity index (χ1v) is 8.34. The number of hydrogen-bond donors (Lipinski definition) is 1. The van der Waals surface area contributed by atoms with Crippen LogP contribution in [-0.4, -0.2) is 30.3 Å². The smallest absolute Gasteiger partial charge is 0.345 e. The lowest BCUT2D eigenvalue weighted by Crippen LogP contribution is -2.25. The summed E-state index contributed by atoms with van der Waals surface area (Å²) in [6.45, 7) is 1.48. The number of aromatic nitrogens is 5. The van der Waals surface area contributed by atoms with E-state index in [2.05, 4.69) is 36.4 Å².